The van der Waals surface area contributed by atoms with Gasteiger partial charge in [-0.1, -0.05) is 19.1 Å². The summed E-state index contributed by atoms with van der Waals surface area (Å²) in [5, 5.41) is 10.5. The Balaban J connectivity index is 2.54. The van der Waals surface area contributed by atoms with Crippen molar-refractivity contribution in [2.24, 2.45) is 0 Å². The molecular formula is C15H12O3. The molecular weight excluding hydrogens is 228 g/mol. The van der Waals surface area contributed by atoms with Crippen molar-refractivity contribution in [3.8, 4) is 5.75 Å². The molecule has 0 unspecified atom stereocenters. The van der Waals surface area contributed by atoms with Crippen LogP contribution in [0.1, 0.15) is 12.5 Å². The van der Waals surface area contributed by atoms with E-state index in [1.807, 2.05) is 19.1 Å². The fraction of sp³-hybridized carbons (Fsp3) is 0.133. The zero-order valence-corrected chi connectivity index (χ0v) is 9.93. The summed E-state index contributed by atoms with van der Waals surface area (Å²) in [5.74, 6) is -0.0370. The van der Waals surface area contributed by atoms with Crippen LogP contribution in [0.2, 0.25) is 0 Å². The third kappa shape index (κ3) is 1.48. The lowest BCUT2D eigenvalue weighted by molar-refractivity contribution is 0.480. The average molecular weight is 240 g/mol. The van der Waals surface area contributed by atoms with Crippen LogP contribution in [0.3, 0.4) is 0 Å². The Kier molecular flexibility index (Phi) is 2.33. The Morgan fingerprint density at radius 1 is 1.17 bits per heavy atom. The van der Waals surface area contributed by atoms with E-state index < -0.39 is 0 Å². The summed E-state index contributed by atoms with van der Waals surface area (Å²) >= 11 is 0. The molecule has 3 nitrogen and oxygen atoms in total. The molecule has 3 heteroatoms. The fourth-order valence-electron chi connectivity index (χ4n) is 2.15. The van der Waals surface area contributed by atoms with Gasteiger partial charge in [0.25, 0.3) is 0 Å². The van der Waals surface area contributed by atoms with Crippen LogP contribution in [-0.4, -0.2) is 5.11 Å². The fourth-order valence-corrected chi connectivity index (χ4v) is 2.15. The predicted octanol–water partition coefficient (Wildman–Crippen LogP) is 3.21. The van der Waals surface area contributed by atoms with Gasteiger partial charge in [-0.25, -0.2) is 0 Å². The third-order valence-electron chi connectivity index (χ3n) is 3.15. The van der Waals surface area contributed by atoms with Crippen molar-refractivity contribution in [2.75, 3.05) is 0 Å². The predicted molar refractivity (Wildman–Crippen MR) is 71.0 cm³/mol. The van der Waals surface area contributed by atoms with E-state index in [1.54, 1.807) is 18.2 Å². The van der Waals surface area contributed by atoms with Gasteiger partial charge in [-0.3, -0.25) is 4.79 Å². The molecule has 0 saturated carbocycles. The smallest absolute Gasteiger partial charge is 0.204 e. The lowest BCUT2D eigenvalue weighted by Crippen LogP contribution is -2.02. The van der Waals surface area contributed by atoms with Crippen LogP contribution in [0.15, 0.2) is 45.6 Å². The Labute approximate surface area is 103 Å². The number of fused-ring (bicyclic) bond motifs is 2. The molecule has 0 bridgehead atoms. The number of aromatic hydroxyl groups is 1. The van der Waals surface area contributed by atoms with Gasteiger partial charge >= 0.3 is 0 Å². The maximum atomic E-state index is 12.4. The number of phenols is 1. The van der Waals surface area contributed by atoms with Crippen LogP contribution in [0, 0.1) is 0 Å². The Bertz CT molecular complexity index is 800. The van der Waals surface area contributed by atoms with Crippen LogP contribution in [0.4, 0.5) is 0 Å². The van der Waals surface area contributed by atoms with E-state index in [0.717, 1.165) is 12.0 Å². The van der Waals surface area contributed by atoms with Crippen LogP contribution in [0.25, 0.3) is 21.9 Å². The first kappa shape index (κ1) is 10.8. The molecule has 0 aliphatic rings. The maximum Gasteiger partial charge on any atom is 0.204 e. The molecule has 0 radical (unpaired) electrons. The van der Waals surface area contributed by atoms with Gasteiger partial charge in [-0.15, -0.1) is 0 Å². The molecule has 0 aliphatic carbocycles. The van der Waals surface area contributed by atoms with Crippen molar-refractivity contribution in [3.05, 3.63) is 52.2 Å². The van der Waals surface area contributed by atoms with Crippen molar-refractivity contribution in [3.63, 3.8) is 0 Å². The van der Waals surface area contributed by atoms with Gasteiger partial charge in [0, 0.05) is 0 Å². The Morgan fingerprint density at radius 3 is 2.78 bits per heavy atom. The first-order valence-corrected chi connectivity index (χ1v) is 5.88. The summed E-state index contributed by atoms with van der Waals surface area (Å²) in [6.07, 6.45) is 0.855. The van der Waals surface area contributed by atoms with Crippen molar-refractivity contribution in [1.82, 2.24) is 0 Å². The molecule has 3 rings (SSSR count). The largest absolute Gasteiger partial charge is 0.507 e. The molecule has 0 fully saturated rings. The van der Waals surface area contributed by atoms with Gasteiger partial charge in [-0.05, 0) is 36.2 Å². The molecule has 1 heterocycles. The highest BCUT2D eigenvalue weighted by atomic mass is 16.3. The second-order valence-corrected chi connectivity index (χ2v) is 4.27. The molecule has 90 valence electrons. The second kappa shape index (κ2) is 3.88. The van der Waals surface area contributed by atoms with E-state index in [0.29, 0.717) is 16.6 Å². The Hall–Kier alpha value is -2.29. The summed E-state index contributed by atoms with van der Waals surface area (Å²) in [7, 11) is 0. The molecule has 1 aromatic heterocycles. The molecule has 0 amide bonds. The number of rotatable bonds is 1. The third-order valence-corrected chi connectivity index (χ3v) is 3.15. The first-order valence-electron chi connectivity index (χ1n) is 5.88. The van der Waals surface area contributed by atoms with Gasteiger partial charge < -0.3 is 9.52 Å². The lowest BCUT2D eigenvalue weighted by atomic mass is 10.1. The SMILES string of the molecule is CCc1ccc2oc3cccc(O)c3c(=O)c2c1. The molecule has 0 atom stereocenters. The lowest BCUT2D eigenvalue weighted by Gasteiger charge is -2.04. The minimum Gasteiger partial charge on any atom is -0.507 e. The summed E-state index contributed by atoms with van der Waals surface area (Å²) in [5.41, 5.74) is 1.86. The molecule has 18 heavy (non-hydrogen) atoms. The first-order chi connectivity index (χ1) is 8.70. The van der Waals surface area contributed by atoms with Crippen molar-refractivity contribution in [1.29, 1.82) is 0 Å². The Morgan fingerprint density at radius 2 is 2.00 bits per heavy atom. The summed E-state index contributed by atoms with van der Waals surface area (Å²) < 4.78 is 5.65. The average Bonchev–Trinajstić information content (AvgIpc) is 2.38. The normalized spacial score (nSPS) is 11.2. The van der Waals surface area contributed by atoms with Crippen LogP contribution in [0.5, 0.6) is 5.75 Å². The van der Waals surface area contributed by atoms with Crippen molar-refractivity contribution < 1.29 is 9.52 Å². The minimum absolute atomic E-state index is 0.0370. The van der Waals surface area contributed by atoms with Gasteiger partial charge in [0.15, 0.2) is 0 Å². The topological polar surface area (TPSA) is 50.4 Å². The molecule has 0 spiro atoms. The number of benzene rings is 2. The van der Waals surface area contributed by atoms with E-state index in [4.69, 9.17) is 4.42 Å². The maximum absolute atomic E-state index is 12.4. The van der Waals surface area contributed by atoms with Crippen molar-refractivity contribution in [2.45, 2.75) is 13.3 Å². The molecule has 0 aliphatic heterocycles. The second-order valence-electron chi connectivity index (χ2n) is 4.27. The van der Waals surface area contributed by atoms with E-state index in [-0.39, 0.29) is 16.6 Å². The van der Waals surface area contributed by atoms with E-state index in [9.17, 15) is 9.90 Å². The monoisotopic (exact) mass is 240 g/mol. The highest BCUT2D eigenvalue weighted by molar-refractivity contribution is 5.93. The zero-order chi connectivity index (χ0) is 12.7. The van der Waals surface area contributed by atoms with Crippen LogP contribution >= 0.6 is 0 Å². The van der Waals surface area contributed by atoms with Gasteiger partial charge in [-0.2, -0.15) is 0 Å². The zero-order valence-electron chi connectivity index (χ0n) is 9.93. The van der Waals surface area contributed by atoms with E-state index in [2.05, 4.69) is 0 Å². The van der Waals surface area contributed by atoms with E-state index >= 15 is 0 Å². The number of hydrogen-bond donors (Lipinski definition) is 1. The number of phenolic OH excluding ortho intramolecular Hbond substituents is 1. The summed E-state index contributed by atoms with van der Waals surface area (Å²) in [6, 6.07) is 10.4. The van der Waals surface area contributed by atoms with Crippen LogP contribution < -0.4 is 5.43 Å². The molecule has 2 aromatic carbocycles. The quantitative estimate of drug-likeness (QED) is 0.664. The number of hydrogen-bond acceptors (Lipinski definition) is 3. The molecule has 1 N–H and O–H groups in total. The highest BCUT2D eigenvalue weighted by Crippen LogP contribution is 2.25. The van der Waals surface area contributed by atoms with Crippen LogP contribution in [-0.2, 0) is 6.42 Å². The molecule has 0 saturated heterocycles. The van der Waals surface area contributed by atoms with Crippen molar-refractivity contribution >= 4 is 21.9 Å². The van der Waals surface area contributed by atoms with Gasteiger partial charge in [0.1, 0.15) is 22.3 Å². The van der Waals surface area contributed by atoms with E-state index in [1.165, 1.54) is 6.07 Å². The minimum atomic E-state index is -0.181. The number of aryl methyl sites for hydroxylation is 1. The summed E-state index contributed by atoms with van der Waals surface area (Å²) in [6.45, 7) is 2.03. The van der Waals surface area contributed by atoms with Gasteiger partial charge in [0.05, 0.1) is 5.39 Å². The standard InChI is InChI=1S/C15H12O3/c1-2-9-6-7-12-10(8-9)15(17)14-11(16)4-3-5-13(14)18-12/h3-8,16H,2H2,1H3. The summed E-state index contributed by atoms with van der Waals surface area (Å²) in [4.78, 5) is 12.4. The highest BCUT2D eigenvalue weighted by Gasteiger charge is 2.10. The van der Waals surface area contributed by atoms with Gasteiger partial charge in [0.2, 0.25) is 5.43 Å². The molecule has 3 aromatic rings.